The van der Waals surface area contributed by atoms with Gasteiger partial charge in [-0.3, -0.25) is 9.59 Å². The molecule has 1 aromatic rings. The van der Waals surface area contributed by atoms with Crippen LogP contribution in [0.4, 0.5) is 4.79 Å². The number of benzene rings is 1. The number of nitrogens with one attached hydrogen (secondary N) is 2. The first-order valence-corrected chi connectivity index (χ1v) is 14.0. The molecule has 2 unspecified atom stereocenters. The Hall–Kier alpha value is -2.17. The molecule has 0 saturated carbocycles. The Morgan fingerprint density at radius 3 is 2.25 bits per heavy atom. The van der Waals surface area contributed by atoms with Gasteiger partial charge in [0.25, 0.3) is 0 Å². The van der Waals surface area contributed by atoms with E-state index in [-0.39, 0.29) is 30.0 Å². The van der Waals surface area contributed by atoms with Crippen molar-refractivity contribution in [2.45, 2.75) is 45.4 Å². The van der Waals surface area contributed by atoms with Crippen molar-refractivity contribution < 1.29 is 28.7 Å². The molecule has 0 aliphatic carbocycles. The smallest absolute Gasteiger partial charge is 0.410 e. The van der Waals surface area contributed by atoms with E-state index in [1.165, 1.54) is 4.90 Å². The molecule has 2 atom stereocenters. The normalized spacial score (nSPS) is 12.4. The molecule has 0 bridgehead atoms. The van der Waals surface area contributed by atoms with E-state index in [1.54, 1.807) is 36.0 Å². The van der Waals surface area contributed by atoms with Crippen LogP contribution in [0.3, 0.4) is 0 Å². The average molecular weight is 565 g/mol. The van der Waals surface area contributed by atoms with Gasteiger partial charge in [0.1, 0.15) is 24.4 Å². The topological polar surface area (TPSA) is 114 Å². The first-order valence-electron chi connectivity index (χ1n) is 11.6. The molecule has 12 heteroatoms. The summed E-state index contributed by atoms with van der Waals surface area (Å²) in [5, 5.41) is 5.21. The molecule has 0 radical (unpaired) electrons. The number of thioether (sulfide) groups is 1. The minimum atomic E-state index is -0.877. The van der Waals surface area contributed by atoms with E-state index in [2.05, 4.69) is 10.6 Å². The Labute approximate surface area is 226 Å². The quantitative estimate of drug-likeness (QED) is 0.129. The summed E-state index contributed by atoms with van der Waals surface area (Å²) in [6.45, 7) is 4.55. The van der Waals surface area contributed by atoms with Crippen molar-refractivity contribution in [1.82, 2.24) is 15.5 Å². The van der Waals surface area contributed by atoms with Crippen LogP contribution < -0.4 is 15.4 Å². The highest BCUT2D eigenvalue weighted by Gasteiger charge is 2.27. The maximum absolute atomic E-state index is 12.8. The molecule has 0 aliphatic heterocycles. The minimum Gasteiger partial charge on any atom is -0.445 e. The molecule has 36 heavy (non-hydrogen) atoms. The van der Waals surface area contributed by atoms with Crippen LogP contribution in [-0.4, -0.2) is 78.2 Å². The maximum atomic E-state index is 12.8. The number of carbonyl (C=O) groups is 4. The van der Waals surface area contributed by atoms with Gasteiger partial charge in [0.05, 0.1) is 0 Å². The molecule has 0 fully saturated rings. The largest absolute Gasteiger partial charge is 0.445 e. The second kappa shape index (κ2) is 18.1. The zero-order valence-corrected chi connectivity index (χ0v) is 23.2. The fourth-order valence-electron chi connectivity index (χ4n) is 3.14. The summed E-state index contributed by atoms with van der Waals surface area (Å²) in [7, 11) is 0. The molecule has 0 heterocycles. The van der Waals surface area contributed by atoms with Crippen LogP contribution in [-0.2, 0) is 25.7 Å². The number of alkyl halides is 2. The van der Waals surface area contributed by atoms with Crippen molar-refractivity contribution in [3.63, 3.8) is 0 Å². The van der Waals surface area contributed by atoms with Gasteiger partial charge in [-0.1, -0.05) is 26.0 Å². The van der Waals surface area contributed by atoms with Crippen LogP contribution in [0.25, 0.3) is 0 Å². The van der Waals surface area contributed by atoms with Crippen molar-refractivity contribution in [2.24, 2.45) is 5.92 Å². The summed E-state index contributed by atoms with van der Waals surface area (Å²) in [6, 6.07) is 4.90. The van der Waals surface area contributed by atoms with Gasteiger partial charge in [-0.25, -0.2) is 9.59 Å². The van der Waals surface area contributed by atoms with Crippen molar-refractivity contribution in [3.8, 4) is 5.75 Å². The van der Waals surface area contributed by atoms with Gasteiger partial charge in [-0.05, 0) is 48.5 Å². The number of nitrogens with zero attached hydrogens (tertiary/aromatic N) is 1. The summed E-state index contributed by atoms with van der Waals surface area (Å²) < 4.78 is 10.8. The molecular weight excluding hydrogens is 529 g/mol. The van der Waals surface area contributed by atoms with Crippen LogP contribution in [0.1, 0.15) is 32.3 Å². The van der Waals surface area contributed by atoms with Gasteiger partial charge in [-0.2, -0.15) is 11.8 Å². The highest BCUT2D eigenvalue weighted by Crippen LogP contribution is 2.16. The Morgan fingerprint density at radius 1 is 1.08 bits per heavy atom. The van der Waals surface area contributed by atoms with Crippen LogP contribution in [0.15, 0.2) is 24.3 Å². The fourth-order valence-corrected chi connectivity index (χ4v) is 4.02. The highest BCUT2D eigenvalue weighted by molar-refractivity contribution is 7.98. The predicted octanol–water partition coefficient (Wildman–Crippen LogP) is 3.41. The third-order valence-corrected chi connectivity index (χ3v) is 5.96. The predicted molar refractivity (Wildman–Crippen MR) is 143 cm³/mol. The number of carbonyl (C=O) groups excluding carboxylic acids is 4. The van der Waals surface area contributed by atoms with Crippen molar-refractivity contribution in [1.29, 1.82) is 0 Å². The minimum absolute atomic E-state index is 0.0291. The average Bonchev–Trinajstić information content (AvgIpc) is 2.85. The van der Waals surface area contributed by atoms with E-state index < -0.39 is 30.1 Å². The van der Waals surface area contributed by atoms with Crippen LogP contribution in [0, 0.1) is 5.92 Å². The molecule has 1 aromatic carbocycles. The second-order valence-electron chi connectivity index (χ2n) is 8.29. The van der Waals surface area contributed by atoms with E-state index in [0.29, 0.717) is 43.7 Å². The molecule has 0 saturated heterocycles. The number of ether oxygens (including phenoxy) is 2. The second-order valence-corrected chi connectivity index (χ2v) is 10.0. The monoisotopic (exact) mass is 563 g/mol. The van der Waals surface area contributed by atoms with Crippen molar-refractivity contribution in [3.05, 3.63) is 29.8 Å². The number of amides is 3. The first kappa shape index (κ1) is 31.9. The molecule has 2 N–H and O–H groups in total. The molecule has 9 nitrogen and oxygen atoms in total. The molecule has 0 spiro atoms. The highest BCUT2D eigenvalue weighted by atomic mass is 35.5. The van der Waals surface area contributed by atoms with E-state index in [4.69, 9.17) is 32.7 Å². The van der Waals surface area contributed by atoms with Crippen LogP contribution in [0.2, 0.25) is 0 Å². The Kier molecular flexibility index (Phi) is 16.0. The van der Waals surface area contributed by atoms with Crippen molar-refractivity contribution in [2.75, 3.05) is 36.9 Å². The summed E-state index contributed by atoms with van der Waals surface area (Å²) in [6.07, 6.45) is 2.68. The van der Waals surface area contributed by atoms with Crippen LogP contribution >= 0.6 is 35.0 Å². The van der Waals surface area contributed by atoms with E-state index in [1.807, 2.05) is 20.1 Å². The van der Waals surface area contributed by atoms with Crippen LogP contribution in [0.5, 0.6) is 5.75 Å². The van der Waals surface area contributed by atoms with Gasteiger partial charge in [0.15, 0.2) is 0 Å². The Bertz CT molecular complexity index is 823. The van der Waals surface area contributed by atoms with E-state index >= 15 is 0 Å². The molecule has 3 amide bonds. The standard InChI is InChI=1S/C24H35Cl2N3O6S/c1-17(2)14-21(28-22(31)20(27-16-30)8-13-36-3)23(32)35-19-6-4-18(5-7-19)15-34-24(33)29(11-9-25)12-10-26/h4-7,16-17,20-21H,8-15H2,1-3H3,(H,27,30)(H,28,31). The first-order chi connectivity index (χ1) is 17.2. The zero-order valence-electron chi connectivity index (χ0n) is 20.8. The number of esters is 1. The third kappa shape index (κ3) is 12.2. The van der Waals surface area contributed by atoms with Gasteiger partial charge in [0.2, 0.25) is 12.3 Å². The SMILES string of the molecule is CSCCC(NC=O)C(=O)NC(CC(C)C)C(=O)Oc1ccc(COC(=O)N(CCCl)CCCl)cc1. The van der Waals surface area contributed by atoms with Gasteiger partial charge in [-0.15, -0.1) is 23.2 Å². The lowest BCUT2D eigenvalue weighted by Gasteiger charge is -2.22. The van der Waals surface area contributed by atoms with Gasteiger partial charge >= 0.3 is 12.1 Å². The molecule has 202 valence electrons. The van der Waals surface area contributed by atoms with E-state index in [9.17, 15) is 19.2 Å². The van der Waals surface area contributed by atoms with E-state index in [0.717, 1.165) is 0 Å². The maximum Gasteiger partial charge on any atom is 0.410 e. The summed E-state index contributed by atoms with van der Waals surface area (Å²) in [4.78, 5) is 50.0. The lowest BCUT2D eigenvalue weighted by atomic mass is 10.0. The Morgan fingerprint density at radius 2 is 1.72 bits per heavy atom. The Balaban J connectivity index is 2.76. The molecule has 1 rings (SSSR count). The lowest BCUT2D eigenvalue weighted by Crippen LogP contribution is -2.51. The number of hydrogen-bond acceptors (Lipinski definition) is 7. The summed E-state index contributed by atoms with van der Waals surface area (Å²) >= 11 is 13.0. The van der Waals surface area contributed by atoms with Gasteiger partial charge < -0.3 is 25.0 Å². The van der Waals surface area contributed by atoms with Gasteiger partial charge in [0, 0.05) is 24.8 Å². The zero-order chi connectivity index (χ0) is 26.9. The molecule has 0 aromatic heterocycles. The third-order valence-electron chi connectivity index (χ3n) is 4.98. The molecular formula is C24H35Cl2N3O6S. The number of rotatable bonds is 17. The number of hydrogen-bond donors (Lipinski definition) is 2. The number of halogens is 2. The fraction of sp³-hybridized carbons (Fsp3) is 0.583. The summed E-state index contributed by atoms with van der Waals surface area (Å²) in [5.74, 6) is 0.580. The summed E-state index contributed by atoms with van der Waals surface area (Å²) in [5.41, 5.74) is 0.698. The van der Waals surface area contributed by atoms with Crippen molar-refractivity contribution >= 4 is 59.3 Å². The lowest BCUT2D eigenvalue weighted by molar-refractivity contribution is -0.140. The molecule has 0 aliphatic rings.